The number of allylic oxidation sites excluding steroid dienone is 1. The molecule has 0 N–H and O–H groups in total. The van der Waals surface area contributed by atoms with Gasteiger partial charge in [0.05, 0.1) is 0 Å². The summed E-state index contributed by atoms with van der Waals surface area (Å²) in [5, 5.41) is 0. The fourth-order valence-electron chi connectivity index (χ4n) is 1.85. The van der Waals surface area contributed by atoms with Crippen LogP contribution in [0.5, 0.6) is 11.5 Å². The number of ether oxygens (including phenoxy) is 2. The van der Waals surface area contributed by atoms with Gasteiger partial charge in [0.1, 0.15) is 17.3 Å². The third-order valence-corrected chi connectivity index (χ3v) is 3.32. The van der Waals surface area contributed by atoms with Gasteiger partial charge in [-0.25, -0.2) is 4.79 Å². The van der Waals surface area contributed by atoms with Gasteiger partial charge >= 0.3 is 5.97 Å². The first-order chi connectivity index (χ1) is 11.4. The Kier molecular flexibility index (Phi) is 5.38. The average Bonchev–Trinajstić information content (AvgIpc) is 2.56. The molecule has 0 spiro atoms. The second kappa shape index (κ2) is 7.47. The highest BCUT2D eigenvalue weighted by atomic mass is 16.5. The van der Waals surface area contributed by atoms with Gasteiger partial charge in [-0.2, -0.15) is 0 Å². The molecular formula is C21H20O3. The van der Waals surface area contributed by atoms with Crippen molar-refractivity contribution in [2.75, 3.05) is 0 Å². The number of hydrogen-bond acceptors (Lipinski definition) is 3. The predicted octanol–water partition coefficient (Wildman–Crippen LogP) is 5.30. The molecule has 0 bridgehead atoms. The minimum atomic E-state index is -0.429. The fourth-order valence-corrected chi connectivity index (χ4v) is 1.85. The summed E-state index contributed by atoms with van der Waals surface area (Å²) < 4.78 is 10.8. The van der Waals surface area contributed by atoms with E-state index in [1.807, 2.05) is 43.3 Å². The van der Waals surface area contributed by atoms with Crippen LogP contribution < -0.4 is 9.47 Å². The Morgan fingerprint density at radius 1 is 0.708 bits per heavy atom. The highest BCUT2D eigenvalue weighted by molar-refractivity contribution is 5.88. The maximum absolute atomic E-state index is 11.5. The molecule has 0 aromatic heterocycles. The van der Waals surface area contributed by atoms with Crippen molar-refractivity contribution >= 4 is 5.97 Å². The first kappa shape index (κ1) is 17.3. The van der Waals surface area contributed by atoms with Crippen molar-refractivity contribution in [3.05, 3.63) is 85.2 Å². The monoisotopic (exact) mass is 320 g/mol. The van der Waals surface area contributed by atoms with Crippen molar-refractivity contribution in [2.45, 2.75) is 13.8 Å². The number of carbonyl (C=O) groups is 1. The fraction of sp³-hybridized carbons (Fsp3) is 0.0952. The Morgan fingerprint density at radius 3 is 1.50 bits per heavy atom. The zero-order valence-electron chi connectivity index (χ0n) is 14.0. The number of rotatable bonds is 6. The van der Waals surface area contributed by atoms with Crippen LogP contribution in [-0.4, -0.2) is 5.97 Å². The van der Waals surface area contributed by atoms with E-state index in [9.17, 15) is 4.79 Å². The van der Waals surface area contributed by atoms with E-state index in [0.717, 1.165) is 16.7 Å². The highest BCUT2D eigenvalue weighted by Crippen LogP contribution is 2.26. The molecule has 122 valence electrons. The lowest BCUT2D eigenvalue weighted by molar-refractivity contribution is -0.130. The van der Waals surface area contributed by atoms with Crippen LogP contribution >= 0.6 is 0 Å². The van der Waals surface area contributed by atoms with Crippen LogP contribution in [0.2, 0.25) is 0 Å². The summed E-state index contributed by atoms with van der Waals surface area (Å²) in [5.41, 5.74) is 3.20. The summed E-state index contributed by atoms with van der Waals surface area (Å²) in [6.45, 7) is 14.6. The van der Waals surface area contributed by atoms with Gasteiger partial charge in [-0.3, -0.25) is 0 Å². The van der Waals surface area contributed by atoms with Gasteiger partial charge < -0.3 is 9.47 Å². The molecule has 3 nitrogen and oxygen atoms in total. The van der Waals surface area contributed by atoms with Crippen LogP contribution in [0.15, 0.2) is 85.2 Å². The highest BCUT2D eigenvalue weighted by Gasteiger charge is 2.06. The van der Waals surface area contributed by atoms with E-state index in [0.29, 0.717) is 22.8 Å². The summed E-state index contributed by atoms with van der Waals surface area (Å²) >= 11 is 0. The molecule has 3 heteroatoms. The lowest BCUT2D eigenvalue weighted by atomic mass is 10.1. The lowest BCUT2D eigenvalue weighted by Crippen LogP contribution is -2.07. The average molecular weight is 320 g/mol. The van der Waals surface area contributed by atoms with Gasteiger partial charge in [0, 0.05) is 5.57 Å². The predicted molar refractivity (Wildman–Crippen MR) is 96.9 cm³/mol. The second-order valence-corrected chi connectivity index (χ2v) is 5.52. The van der Waals surface area contributed by atoms with Crippen LogP contribution in [0.25, 0.3) is 11.1 Å². The largest absolute Gasteiger partial charge is 0.458 e. The Morgan fingerprint density at radius 2 is 1.12 bits per heavy atom. The number of hydrogen-bond donors (Lipinski definition) is 0. The van der Waals surface area contributed by atoms with E-state index in [2.05, 4.69) is 19.7 Å². The maximum atomic E-state index is 11.5. The van der Waals surface area contributed by atoms with Gasteiger partial charge in [-0.15, -0.1) is 0 Å². The third kappa shape index (κ3) is 4.46. The number of benzene rings is 2. The zero-order valence-corrected chi connectivity index (χ0v) is 14.0. The van der Waals surface area contributed by atoms with E-state index in [4.69, 9.17) is 9.47 Å². The quantitative estimate of drug-likeness (QED) is 0.238. The Bertz CT molecular complexity index is 711. The molecule has 0 radical (unpaired) electrons. The molecule has 0 aliphatic heterocycles. The number of carbonyl (C=O) groups excluding carboxylic acids is 1. The molecule has 0 aliphatic carbocycles. The molecule has 2 aromatic carbocycles. The summed E-state index contributed by atoms with van der Waals surface area (Å²) in [5.74, 6) is 1.32. The van der Waals surface area contributed by atoms with E-state index in [1.54, 1.807) is 19.1 Å². The van der Waals surface area contributed by atoms with Gasteiger partial charge in [0.2, 0.25) is 0 Å². The van der Waals surface area contributed by atoms with Crippen molar-refractivity contribution in [3.8, 4) is 22.6 Å². The second-order valence-electron chi connectivity index (χ2n) is 5.52. The lowest BCUT2D eigenvalue weighted by Gasteiger charge is -2.09. The van der Waals surface area contributed by atoms with Gasteiger partial charge in [0.25, 0.3) is 0 Å². The van der Waals surface area contributed by atoms with Crippen molar-refractivity contribution in [1.82, 2.24) is 0 Å². The van der Waals surface area contributed by atoms with Gasteiger partial charge in [0.15, 0.2) is 0 Å². The number of esters is 1. The molecule has 0 saturated heterocycles. The summed E-state index contributed by atoms with van der Waals surface area (Å²) in [4.78, 5) is 11.5. The van der Waals surface area contributed by atoms with Crippen LogP contribution in [-0.2, 0) is 4.79 Å². The van der Waals surface area contributed by atoms with Crippen LogP contribution in [0.1, 0.15) is 13.8 Å². The molecule has 0 aliphatic rings. The molecule has 0 unspecified atom stereocenters. The van der Waals surface area contributed by atoms with Crippen molar-refractivity contribution < 1.29 is 14.3 Å². The first-order valence-corrected chi connectivity index (χ1v) is 7.47. The molecule has 0 atom stereocenters. The minimum Gasteiger partial charge on any atom is -0.458 e. The van der Waals surface area contributed by atoms with E-state index in [-0.39, 0.29) is 0 Å². The topological polar surface area (TPSA) is 35.5 Å². The van der Waals surface area contributed by atoms with Crippen molar-refractivity contribution in [3.63, 3.8) is 0 Å². The Balaban J connectivity index is 2.09. The molecule has 2 rings (SSSR count). The summed E-state index contributed by atoms with van der Waals surface area (Å²) in [7, 11) is 0. The summed E-state index contributed by atoms with van der Waals surface area (Å²) in [6.07, 6.45) is 0. The molecule has 2 aromatic rings. The normalized spacial score (nSPS) is 9.92. The van der Waals surface area contributed by atoms with E-state index in [1.165, 1.54) is 0 Å². The minimum absolute atomic E-state index is 0.367. The summed E-state index contributed by atoms with van der Waals surface area (Å²) in [6, 6.07) is 14.9. The Labute approximate surface area is 142 Å². The molecule has 0 fully saturated rings. The SMILES string of the molecule is C=C(C)C(=C)Oc1ccc(-c2ccc(OC(=O)C(=C)C)cc2)cc1. The molecule has 0 amide bonds. The van der Waals surface area contributed by atoms with E-state index < -0.39 is 5.97 Å². The van der Waals surface area contributed by atoms with Crippen LogP contribution in [0.3, 0.4) is 0 Å². The smallest absolute Gasteiger partial charge is 0.338 e. The molecule has 0 heterocycles. The third-order valence-electron chi connectivity index (χ3n) is 3.32. The Hall–Kier alpha value is -3.07. The van der Waals surface area contributed by atoms with Gasteiger partial charge in [-0.05, 0) is 54.8 Å². The van der Waals surface area contributed by atoms with Crippen LogP contribution in [0, 0.1) is 0 Å². The zero-order chi connectivity index (χ0) is 17.7. The van der Waals surface area contributed by atoms with Crippen molar-refractivity contribution in [1.29, 1.82) is 0 Å². The van der Waals surface area contributed by atoms with E-state index >= 15 is 0 Å². The van der Waals surface area contributed by atoms with Gasteiger partial charge in [-0.1, -0.05) is 44.0 Å². The molecule has 24 heavy (non-hydrogen) atoms. The standard InChI is InChI=1S/C21H20O3/c1-14(2)16(5)23-19-10-6-17(7-11-19)18-8-12-20(13-9-18)24-21(22)15(3)4/h6-13H,1,3,5H2,2,4H3. The molecular weight excluding hydrogens is 300 g/mol. The maximum Gasteiger partial charge on any atom is 0.338 e. The van der Waals surface area contributed by atoms with Crippen LogP contribution in [0.4, 0.5) is 0 Å². The molecule has 0 saturated carbocycles. The first-order valence-electron chi connectivity index (χ1n) is 7.47. The van der Waals surface area contributed by atoms with Crippen molar-refractivity contribution in [2.24, 2.45) is 0 Å².